The zero-order chi connectivity index (χ0) is 20.7. The molecule has 0 aliphatic rings. The monoisotopic (exact) mass is 446 g/mol. The average Bonchev–Trinajstić information content (AvgIpc) is 2.67. The van der Waals surface area contributed by atoms with Gasteiger partial charge in [0.15, 0.2) is 0 Å². The van der Waals surface area contributed by atoms with E-state index < -0.39 is 16.9 Å². The van der Waals surface area contributed by atoms with Gasteiger partial charge in [0.1, 0.15) is 6.04 Å². The molecule has 1 unspecified atom stereocenters. The molecule has 28 heavy (non-hydrogen) atoms. The van der Waals surface area contributed by atoms with Crippen molar-refractivity contribution in [3.63, 3.8) is 0 Å². The predicted molar refractivity (Wildman–Crippen MR) is 109 cm³/mol. The summed E-state index contributed by atoms with van der Waals surface area (Å²) in [4.78, 5) is 35.2. The minimum Gasteiger partial charge on any atom is -0.340 e. The van der Waals surface area contributed by atoms with Gasteiger partial charge in [-0.15, -0.1) is 0 Å². The van der Waals surface area contributed by atoms with Gasteiger partial charge in [0.05, 0.1) is 15.6 Å². The van der Waals surface area contributed by atoms with Crippen molar-refractivity contribution in [2.75, 3.05) is 0 Å². The Balaban J connectivity index is 2.04. The molecule has 8 nitrogen and oxygen atoms in total. The molecule has 146 valence electrons. The largest absolute Gasteiger partial charge is 0.340 e. The summed E-state index contributed by atoms with van der Waals surface area (Å²) in [5.74, 6) is -1.01. The van der Waals surface area contributed by atoms with Crippen LogP contribution in [0.5, 0.6) is 0 Å². The summed E-state index contributed by atoms with van der Waals surface area (Å²) in [5, 5.41) is 17.5. The Hall–Kier alpha value is -3.07. The van der Waals surface area contributed by atoms with Gasteiger partial charge >= 0.3 is 0 Å². The molecule has 0 aliphatic carbocycles. The second-order valence-corrected chi connectivity index (χ2v) is 7.12. The molecule has 9 heteroatoms. The van der Waals surface area contributed by atoms with E-state index in [1.165, 1.54) is 18.3 Å². The average molecular weight is 447 g/mol. The van der Waals surface area contributed by atoms with Crippen molar-refractivity contribution in [2.24, 2.45) is 11.0 Å². The first-order valence-corrected chi connectivity index (χ1v) is 9.21. The van der Waals surface area contributed by atoms with Gasteiger partial charge in [-0.3, -0.25) is 19.7 Å². The molecule has 0 heterocycles. The number of nitrogens with one attached hydrogen (secondary N) is 2. The van der Waals surface area contributed by atoms with Gasteiger partial charge in [-0.05, 0) is 40.0 Å². The maximum absolute atomic E-state index is 12.4. The first kappa shape index (κ1) is 21.2. The van der Waals surface area contributed by atoms with E-state index in [1.807, 2.05) is 0 Å². The van der Waals surface area contributed by atoms with Crippen LogP contribution in [0.3, 0.4) is 0 Å². The molecule has 0 spiro atoms. The third-order valence-corrected chi connectivity index (χ3v) is 4.50. The van der Waals surface area contributed by atoms with E-state index in [-0.39, 0.29) is 17.5 Å². The third kappa shape index (κ3) is 5.71. The van der Waals surface area contributed by atoms with Crippen LogP contribution in [0.1, 0.15) is 29.8 Å². The van der Waals surface area contributed by atoms with Crippen molar-refractivity contribution in [2.45, 2.75) is 19.9 Å². The van der Waals surface area contributed by atoms with E-state index in [1.54, 1.807) is 50.2 Å². The van der Waals surface area contributed by atoms with Gasteiger partial charge in [0, 0.05) is 17.2 Å². The lowest BCUT2D eigenvalue weighted by Gasteiger charge is -2.20. The van der Waals surface area contributed by atoms with Crippen LogP contribution in [-0.2, 0) is 4.79 Å². The second kappa shape index (κ2) is 9.75. The topological polar surface area (TPSA) is 114 Å². The number of nitro groups is 1. The smallest absolute Gasteiger partial charge is 0.284 e. The number of hydrazone groups is 1. The van der Waals surface area contributed by atoms with Crippen LogP contribution in [0.15, 0.2) is 58.1 Å². The van der Waals surface area contributed by atoms with Gasteiger partial charge in [-0.1, -0.05) is 38.1 Å². The Morgan fingerprint density at radius 1 is 1.18 bits per heavy atom. The SMILES string of the molecule is CC(C)C(NC(=O)c1ccccc1)C(=O)N/N=C/c1ccc(Br)c([N+](=O)[O-])c1. The molecule has 0 aliphatic heterocycles. The minimum absolute atomic E-state index is 0.106. The van der Waals surface area contributed by atoms with Crippen LogP contribution in [0, 0.1) is 16.0 Å². The highest BCUT2D eigenvalue weighted by Crippen LogP contribution is 2.24. The maximum Gasteiger partial charge on any atom is 0.284 e. The van der Waals surface area contributed by atoms with Gasteiger partial charge in [-0.2, -0.15) is 5.10 Å². The fraction of sp³-hybridized carbons (Fsp3) is 0.211. The molecule has 0 radical (unpaired) electrons. The Bertz CT molecular complexity index is 900. The van der Waals surface area contributed by atoms with Crippen molar-refractivity contribution < 1.29 is 14.5 Å². The van der Waals surface area contributed by atoms with E-state index in [2.05, 4.69) is 31.8 Å². The number of carbonyl (C=O) groups is 2. The summed E-state index contributed by atoms with van der Waals surface area (Å²) in [6, 6.07) is 12.3. The molecular formula is C19H19BrN4O4. The number of benzene rings is 2. The zero-order valence-corrected chi connectivity index (χ0v) is 16.8. The molecule has 2 amide bonds. The van der Waals surface area contributed by atoms with Gasteiger partial charge in [0.2, 0.25) is 0 Å². The summed E-state index contributed by atoms with van der Waals surface area (Å²) < 4.78 is 0.349. The number of rotatable bonds is 7. The van der Waals surface area contributed by atoms with Crippen LogP contribution in [0.25, 0.3) is 0 Å². The molecule has 0 bridgehead atoms. The molecule has 0 aromatic heterocycles. The highest BCUT2D eigenvalue weighted by Gasteiger charge is 2.24. The van der Waals surface area contributed by atoms with Gasteiger partial charge in [0.25, 0.3) is 17.5 Å². The highest BCUT2D eigenvalue weighted by atomic mass is 79.9. The minimum atomic E-state index is -0.788. The molecule has 0 saturated heterocycles. The van der Waals surface area contributed by atoms with Crippen molar-refractivity contribution in [1.82, 2.24) is 10.7 Å². The van der Waals surface area contributed by atoms with Gasteiger partial charge < -0.3 is 5.32 Å². The molecule has 0 saturated carbocycles. The molecule has 1 atom stereocenters. The van der Waals surface area contributed by atoms with Crippen LogP contribution in [0.2, 0.25) is 0 Å². The number of hydrogen-bond acceptors (Lipinski definition) is 5. The number of hydrogen-bond donors (Lipinski definition) is 2. The normalized spacial score (nSPS) is 12.0. The van der Waals surface area contributed by atoms with E-state index in [4.69, 9.17) is 0 Å². The fourth-order valence-corrected chi connectivity index (χ4v) is 2.73. The number of nitrogens with zero attached hydrogens (tertiary/aromatic N) is 2. The Morgan fingerprint density at radius 2 is 1.86 bits per heavy atom. The molecular weight excluding hydrogens is 428 g/mol. The number of halogens is 1. The first-order valence-electron chi connectivity index (χ1n) is 8.42. The Morgan fingerprint density at radius 3 is 2.46 bits per heavy atom. The predicted octanol–water partition coefficient (Wildman–Crippen LogP) is 3.26. The number of nitro benzene ring substituents is 1. The van der Waals surface area contributed by atoms with Crippen LogP contribution in [0.4, 0.5) is 5.69 Å². The quantitative estimate of drug-likeness (QED) is 0.385. The lowest BCUT2D eigenvalue weighted by atomic mass is 10.0. The van der Waals surface area contributed by atoms with Crippen molar-refractivity contribution in [3.8, 4) is 0 Å². The molecule has 2 aromatic carbocycles. The van der Waals surface area contributed by atoms with E-state index in [0.717, 1.165) is 0 Å². The van der Waals surface area contributed by atoms with Crippen LogP contribution in [-0.4, -0.2) is 29.0 Å². The molecule has 0 fully saturated rings. The molecule has 2 aromatic rings. The highest BCUT2D eigenvalue weighted by molar-refractivity contribution is 9.10. The standard InChI is InChI=1S/C19H19BrN4O4/c1-12(2)17(22-18(25)14-6-4-3-5-7-14)19(26)23-21-11-13-8-9-15(20)16(10-13)24(27)28/h3-12,17H,1-2H3,(H,22,25)(H,23,26)/b21-11+. The molecule has 2 N–H and O–H groups in total. The van der Waals surface area contributed by atoms with Gasteiger partial charge in [-0.25, -0.2) is 5.43 Å². The van der Waals surface area contributed by atoms with Crippen molar-refractivity contribution in [3.05, 3.63) is 74.2 Å². The summed E-state index contributed by atoms with van der Waals surface area (Å²) >= 11 is 3.10. The lowest BCUT2D eigenvalue weighted by molar-refractivity contribution is -0.385. The zero-order valence-electron chi connectivity index (χ0n) is 15.3. The van der Waals surface area contributed by atoms with E-state index in [9.17, 15) is 19.7 Å². The summed E-state index contributed by atoms with van der Waals surface area (Å²) in [6.45, 7) is 3.61. The first-order chi connectivity index (χ1) is 13.3. The van der Waals surface area contributed by atoms with E-state index >= 15 is 0 Å². The maximum atomic E-state index is 12.4. The third-order valence-electron chi connectivity index (χ3n) is 3.83. The molecule has 2 rings (SSSR count). The summed E-state index contributed by atoms with van der Waals surface area (Å²) in [5.41, 5.74) is 3.16. The Kier molecular flexibility index (Phi) is 7.39. The van der Waals surface area contributed by atoms with E-state index in [0.29, 0.717) is 15.6 Å². The van der Waals surface area contributed by atoms with Crippen LogP contribution < -0.4 is 10.7 Å². The Labute approximate surface area is 170 Å². The fourth-order valence-electron chi connectivity index (χ4n) is 2.34. The number of amides is 2. The van der Waals surface area contributed by atoms with Crippen molar-refractivity contribution in [1.29, 1.82) is 0 Å². The van der Waals surface area contributed by atoms with Crippen LogP contribution >= 0.6 is 15.9 Å². The van der Waals surface area contributed by atoms with Crippen molar-refractivity contribution >= 4 is 39.6 Å². The summed E-state index contributed by atoms with van der Waals surface area (Å²) in [7, 11) is 0. The summed E-state index contributed by atoms with van der Waals surface area (Å²) in [6.07, 6.45) is 1.30. The number of carbonyl (C=O) groups excluding carboxylic acids is 2. The second-order valence-electron chi connectivity index (χ2n) is 6.26. The lowest BCUT2D eigenvalue weighted by Crippen LogP contribution is -2.48.